The highest BCUT2D eigenvalue weighted by molar-refractivity contribution is 7.46. The standard InChI is InChI=1S/C86H128N13O28P/c1-3-5-29-63(80(112)91-54-73(102)93-68(50-59-53-90-62-31-25-24-28-61(59)62)83(115)96-64(30-6-4-2)81(113)99-70(52-78(109)110)85(117)97-66(79(87)111)48-57-26-20-19-21-27-57)95-82(114)67(49-58-34-36-60(37-35-58)127-128(120,121)122)98-84(116)69(51-77(107)108)94-75(104)56-126-47-45-124-43-41-89-74(103)55-125-46-44-123-42-40-88-71(100)39-38-65(86(118)119)92-72(101)32-22-17-15-13-11-9-7-8-10-12-14-16-18-23-33-76(105)106/h19-21,24-28,31,34-37,53,63-70,90H,3-18,22-23,29-30,32-33,38-52,54-56H2,1-2H3,(H2,87,111)(H,88,100)(H,89,103)(H,91,112)(H,92,101)(H,93,102)(H,94,104)(H,95,114)(H,96,115)(H,97,117)(H,98,116)(H,99,113)(H,105,106)(H,107,108)(H,109,110)(H,118,119)(H2,120,121,122)/t63-,64-,65-,66-,67-,68-,69-,70-/m0/s1. The number of H-pyrrole nitrogens is 1. The van der Waals surface area contributed by atoms with Gasteiger partial charge in [-0.25, -0.2) is 9.36 Å². The van der Waals surface area contributed by atoms with Crippen molar-refractivity contribution >= 4 is 113 Å². The number of hydrogen-bond donors (Lipinski definition) is 19. The average Bonchev–Trinajstić information content (AvgIpc) is 1.60. The molecule has 0 saturated carbocycles. The lowest BCUT2D eigenvalue weighted by atomic mass is 10.0. The molecule has 0 radical (unpaired) electrons. The van der Waals surface area contributed by atoms with Gasteiger partial charge in [0.15, 0.2) is 0 Å². The maximum Gasteiger partial charge on any atom is 0.524 e. The summed E-state index contributed by atoms with van der Waals surface area (Å²) in [6.07, 6.45) is 15.0. The van der Waals surface area contributed by atoms with Crippen LogP contribution in [0.15, 0.2) is 85.1 Å². The Balaban J connectivity index is 1.25. The second kappa shape index (κ2) is 62.6. The van der Waals surface area contributed by atoms with Gasteiger partial charge in [0, 0.05) is 68.7 Å². The van der Waals surface area contributed by atoms with Gasteiger partial charge in [-0.1, -0.05) is 177 Å². The van der Waals surface area contributed by atoms with Gasteiger partial charge in [0.05, 0.1) is 59.0 Å². The number of benzene rings is 3. The zero-order valence-electron chi connectivity index (χ0n) is 72.7. The number of carbonyl (C=O) groups excluding carboxylic acids is 12. The van der Waals surface area contributed by atoms with E-state index in [9.17, 15) is 106 Å². The van der Waals surface area contributed by atoms with E-state index in [1.165, 1.54) is 37.8 Å². The molecule has 4 rings (SSSR count). The molecule has 41 nitrogen and oxygen atoms in total. The molecular formula is C86H128N13O28P. The Hall–Kier alpha value is -11.5. The summed E-state index contributed by atoms with van der Waals surface area (Å²) in [6.45, 7) is 1.72. The minimum Gasteiger partial charge on any atom is -0.481 e. The van der Waals surface area contributed by atoms with Crippen LogP contribution in [0.1, 0.15) is 197 Å². The summed E-state index contributed by atoms with van der Waals surface area (Å²) in [5, 5.41) is 66.2. The van der Waals surface area contributed by atoms with Gasteiger partial charge in [0.25, 0.3) is 0 Å². The van der Waals surface area contributed by atoms with Crippen molar-refractivity contribution in [1.82, 2.24) is 63.5 Å². The van der Waals surface area contributed by atoms with E-state index in [4.69, 9.17) is 29.8 Å². The van der Waals surface area contributed by atoms with Gasteiger partial charge in [0.1, 0.15) is 67.3 Å². The van der Waals surface area contributed by atoms with E-state index in [1.54, 1.807) is 74.6 Å². The van der Waals surface area contributed by atoms with Gasteiger partial charge in [-0.3, -0.25) is 81.7 Å². The summed E-state index contributed by atoms with van der Waals surface area (Å²) in [4.78, 5) is 231. The molecule has 8 atom stereocenters. The molecule has 0 aliphatic heterocycles. The number of aromatic amines is 1. The van der Waals surface area contributed by atoms with E-state index in [1.807, 2.05) is 0 Å². The van der Waals surface area contributed by atoms with Gasteiger partial charge in [0.2, 0.25) is 70.9 Å². The Kier molecular flexibility index (Phi) is 53.3. The van der Waals surface area contributed by atoms with Crippen LogP contribution in [0.5, 0.6) is 5.75 Å². The first-order valence-electron chi connectivity index (χ1n) is 43.4. The molecule has 0 unspecified atom stereocenters. The third kappa shape index (κ3) is 48.4. The van der Waals surface area contributed by atoms with Crippen LogP contribution in [-0.4, -0.2) is 251 Å². The summed E-state index contributed by atoms with van der Waals surface area (Å²) in [7, 11) is -5.04. The normalized spacial score (nSPS) is 13.1. The van der Waals surface area contributed by atoms with Gasteiger partial charge in [-0.05, 0) is 67.0 Å². The number of ether oxygens (including phenoxy) is 4. The highest BCUT2D eigenvalue weighted by Crippen LogP contribution is 2.37. The number of amides is 12. The van der Waals surface area contributed by atoms with Crippen LogP contribution in [0.3, 0.4) is 0 Å². The monoisotopic (exact) mass is 1820 g/mol. The number of para-hydroxylation sites is 1. The first-order valence-corrected chi connectivity index (χ1v) is 44.9. The van der Waals surface area contributed by atoms with Gasteiger partial charge < -0.3 is 113 Å². The number of hydrogen-bond acceptors (Lipinski definition) is 22. The summed E-state index contributed by atoms with van der Waals surface area (Å²) >= 11 is 0. The van der Waals surface area contributed by atoms with Crippen molar-refractivity contribution in [2.45, 2.75) is 248 Å². The van der Waals surface area contributed by atoms with E-state index in [0.717, 1.165) is 69.9 Å². The smallest absolute Gasteiger partial charge is 0.481 e. The Morgan fingerprint density at radius 3 is 1.34 bits per heavy atom. The fraction of sp³-hybridized carbons (Fsp3) is 0.581. The fourth-order valence-corrected chi connectivity index (χ4v) is 13.6. The van der Waals surface area contributed by atoms with Crippen molar-refractivity contribution in [3.63, 3.8) is 0 Å². The molecule has 710 valence electrons. The number of unbranched alkanes of at least 4 members (excludes halogenated alkanes) is 15. The number of nitrogens with one attached hydrogen (secondary N) is 12. The lowest BCUT2D eigenvalue weighted by Gasteiger charge is -2.26. The predicted octanol–water partition coefficient (Wildman–Crippen LogP) is 2.97. The zero-order valence-corrected chi connectivity index (χ0v) is 73.6. The van der Waals surface area contributed by atoms with Crippen molar-refractivity contribution in [3.8, 4) is 5.75 Å². The minimum absolute atomic E-state index is 0.00647. The average molecular weight is 1820 g/mol. The topological polar surface area (TPSA) is 632 Å². The van der Waals surface area contributed by atoms with E-state index in [2.05, 4.69) is 68.0 Å². The first kappa shape index (κ1) is 109. The maximum absolute atomic E-state index is 14.6. The van der Waals surface area contributed by atoms with E-state index in [0.29, 0.717) is 54.1 Å². The molecule has 4 aromatic rings. The number of nitrogens with two attached hydrogens (primary N) is 1. The molecule has 0 bridgehead atoms. The first-order chi connectivity index (χ1) is 61.2. The predicted molar refractivity (Wildman–Crippen MR) is 464 cm³/mol. The number of aliphatic carboxylic acids is 4. The lowest BCUT2D eigenvalue weighted by Crippen LogP contribution is -2.59. The second-order valence-corrected chi connectivity index (χ2v) is 31.9. The van der Waals surface area contributed by atoms with Crippen molar-refractivity contribution in [1.29, 1.82) is 0 Å². The van der Waals surface area contributed by atoms with Crippen LogP contribution in [-0.2, 0) is 119 Å². The van der Waals surface area contributed by atoms with Crippen LogP contribution in [0.4, 0.5) is 0 Å². The number of primary amides is 1. The zero-order chi connectivity index (χ0) is 94.0. The molecule has 128 heavy (non-hydrogen) atoms. The molecule has 42 heteroatoms. The van der Waals surface area contributed by atoms with Gasteiger partial charge >= 0.3 is 31.7 Å². The van der Waals surface area contributed by atoms with E-state index in [-0.39, 0.29) is 128 Å². The van der Waals surface area contributed by atoms with Crippen LogP contribution in [0.25, 0.3) is 10.9 Å². The lowest BCUT2D eigenvalue weighted by molar-refractivity contribution is -0.142. The SMILES string of the molecule is CCCC[C@H](NC(=O)[C@H](Cc1ccc(OP(=O)(O)O)cc1)NC(=O)[C@H](CC(=O)O)NC(=O)COCCOCCNC(=O)COCCOCCNC(=O)CC[C@H](NC(=O)CCCCCCCCCCCCCCCCC(=O)O)C(=O)O)C(=O)NCC(=O)N[C@@H](Cc1c[nH]c2ccccc12)C(=O)N[C@@H](CCCC)C(=O)N[C@@H](CC(=O)O)C(=O)N[C@@H](Cc1ccccc1)C(N)=O. The van der Waals surface area contributed by atoms with Gasteiger partial charge in [-0.15, -0.1) is 0 Å². The van der Waals surface area contributed by atoms with E-state index >= 15 is 0 Å². The molecule has 0 saturated heterocycles. The quantitative estimate of drug-likeness (QED) is 0.0223. The molecule has 1 heterocycles. The van der Waals surface area contributed by atoms with Crippen molar-refractivity contribution in [3.05, 3.63) is 102 Å². The summed E-state index contributed by atoms with van der Waals surface area (Å²) in [5.41, 5.74) is 7.63. The highest BCUT2D eigenvalue weighted by atomic mass is 31.2. The molecule has 1 aromatic heterocycles. The maximum atomic E-state index is 14.6. The Morgan fingerprint density at radius 1 is 0.383 bits per heavy atom. The van der Waals surface area contributed by atoms with Crippen LogP contribution in [0, 0.1) is 0 Å². The number of aromatic nitrogens is 1. The number of phosphoric ester groups is 1. The second-order valence-electron chi connectivity index (χ2n) is 30.7. The number of rotatable bonds is 72. The highest BCUT2D eigenvalue weighted by Gasteiger charge is 2.36. The number of fused-ring (bicyclic) bond motifs is 1. The van der Waals surface area contributed by atoms with Crippen LogP contribution in [0.2, 0.25) is 0 Å². The number of carboxylic acids is 4. The third-order valence-electron chi connectivity index (χ3n) is 20.0. The largest absolute Gasteiger partial charge is 0.524 e. The molecule has 0 fully saturated rings. The molecule has 0 aliphatic carbocycles. The Labute approximate surface area is 742 Å². The van der Waals surface area contributed by atoms with Gasteiger partial charge in [-0.2, -0.15) is 0 Å². The number of carbonyl (C=O) groups is 16. The van der Waals surface area contributed by atoms with Crippen molar-refractivity contribution in [2.24, 2.45) is 5.73 Å². The Bertz CT molecular complexity index is 4210. The third-order valence-corrected chi connectivity index (χ3v) is 20.5. The van der Waals surface area contributed by atoms with Crippen LogP contribution < -0.4 is 68.7 Å². The van der Waals surface area contributed by atoms with Crippen molar-refractivity contribution in [2.75, 3.05) is 72.5 Å². The molecule has 0 spiro atoms. The minimum atomic E-state index is -5.04. The molecule has 3 aromatic carbocycles. The van der Waals surface area contributed by atoms with Crippen LogP contribution >= 0.6 is 7.82 Å². The fourth-order valence-electron chi connectivity index (χ4n) is 13.2. The summed E-state index contributed by atoms with van der Waals surface area (Å²) in [5.74, 6) is -15.7. The molecular weight excluding hydrogens is 1690 g/mol. The van der Waals surface area contributed by atoms with E-state index < -0.39 is 177 Å². The number of phosphoric acid groups is 1. The number of carboxylic acid groups (broad SMARTS) is 4. The molecule has 12 amide bonds. The Morgan fingerprint density at radius 2 is 0.812 bits per heavy atom. The molecule has 20 N–H and O–H groups in total. The van der Waals surface area contributed by atoms with Crippen molar-refractivity contribution < 1.29 is 135 Å². The molecule has 0 aliphatic rings. The summed E-state index contributed by atoms with van der Waals surface area (Å²) < 4.78 is 37.8. The summed E-state index contributed by atoms with van der Waals surface area (Å²) in [6, 6.07) is 8.06.